The molecule has 2 aromatic rings. The molecule has 0 spiro atoms. The average Bonchev–Trinajstić information content (AvgIpc) is 2.54. The van der Waals surface area contributed by atoms with Crippen molar-refractivity contribution in [1.82, 2.24) is 0 Å². The van der Waals surface area contributed by atoms with Crippen LogP contribution in [0.15, 0.2) is 42.5 Å². The Morgan fingerprint density at radius 1 is 1.17 bits per heavy atom. The van der Waals surface area contributed by atoms with Gasteiger partial charge in [-0.2, -0.15) is 0 Å². The van der Waals surface area contributed by atoms with E-state index in [-0.39, 0.29) is 29.6 Å². The van der Waals surface area contributed by atoms with Crippen molar-refractivity contribution in [1.29, 1.82) is 0 Å². The minimum atomic E-state index is -0.528. The number of rotatable bonds is 6. The second kappa shape index (κ2) is 8.31. The summed E-state index contributed by atoms with van der Waals surface area (Å²) in [6, 6.07) is 9.78. The highest BCUT2D eigenvalue weighted by molar-refractivity contribution is 6.34. The molecule has 0 aliphatic heterocycles. The van der Waals surface area contributed by atoms with Gasteiger partial charge in [0.2, 0.25) is 0 Å². The molecule has 0 bridgehead atoms. The first-order chi connectivity index (χ1) is 11.5. The van der Waals surface area contributed by atoms with Gasteiger partial charge in [-0.25, -0.2) is 9.18 Å². The van der Waals surface area contributed by atoms with E-state index in [1.165, 1.54) is 42.5 Å². The van der Waals surface area contributed by atoms with Crippen LogP contribution in [0.3, 0.4) is 0 Å². The van der Waals surface area contributed by atoms with Crippen LogP contribution in [-0.2, 0) is 9.53 Å². The van der Waals surface area contributed by atoms with Crippen LogP contribution in [0, 0.1) is 5.82 Å². The van der Waals surface area contributed by atoms with Crippen molar-refractivity contribution in [2.24, 2.45) is 0 Å². The van der Waals surface area contributed by atoms with E-state index < -0.39 is 11.9 Å². The zero-order chi connectivity index (χ0) is 17.5. The summed E-state index contributed by atoms with van der Waals surface area (Å²) in [4.78, 5) is 23.5. The highest BCUT2D eigenvalue weighted by Crippen LogP contribution is 2.22. The van der Waals surface area contributed by atoms with E-state index in [9.17, 15) is 14.0 Å². The van der Waals surface area contributed by atoms with Crippen molar-refractivity contribution < 1.29 is 23.5 Å². The molecular formula is C17H15ClFNO4. The van der Waals surface area contributed by atoms with Crippen LogP contribution in [0.1, 0.15) is 17.3 Å². The van der Waals surface area contributed by atoms with Gasteiger partial charge in [0.05, 0.1) is 17.2 Å². The van der Waals surface area contributed by atoms with Gasteiger partial charge in [-0.05, 0) is 49.4 Å². The van der Waals surface area contributed by atoms with Gasteiger partial charge in [0.15, 0.2) is 6.61 Å². The highest BCUT2D eigenvalue weighted by Gasteiger charge is 2.12. The standard InChI is InChI=1S/C17H15ClFNO4/c1-2-23-17(22)14-8-5-12(9-15(14)18)20-16(21)10-24-13-6-3-11(19)4-7-13/h3-9H,2,10H2,1H3,(H,20,21). The molecule has 24 heavy (non-hydrogen) atoms. The minimum Gasteiger partial charge on any atom is -0.484 e. The summed E-state index contributed by atoms with van der Waals surface area (Å²) < 4.78 is 22.9. The summed E-state index contributed by atoms with van der Waals surface area (Å²) in [5, 5.41) is 2.76. The van der Waals surface area contributed by atoms with E-state index in [0.29, 0.717) is 11.4 Å². The van der Waals surface area contributed by atoms with Crippen molar-refractivity contribution in [2.75, 3.05) is 18.5 Å². The Bertz CT molecular complexity index is 734. The van der Waals surface area contributed by atoms with Gasteiger partial charge in [0.25, 0.3) is 5.91 Å². The normalized spacial score (nSPS) is 10.1. The maximum atomic E-state index is 12.8. The van der Waals surface area contributed by atoms with Gasteiger partial charge >= 0.3 is 5.97 Å². The molecule has 2 aromatic carbocycles. The predicted molar refractivity (Wildman–Crippen MR) is 87.9 cm³/mol. The van der Waals surface area contributed by atoms with Gasteiger partial charge in [0, 0.05) is 5.69 Å². The van der Waals surface area contributed by atoms with Crippen molar-refractivity contribution in [3.63, 3.8) is 0 Å². The van der Waals surface area contributed by atoms with Crippen LogP contribution in [0.25, 0.3) is 0 Å². The largest absolute Gasteiger partial charge is 0.484 e. The monoisotopic (exact) mass is 351 g/mol. The fraction of sp³-hybridized carbons (Fsp3) is 0.176. The lowest BCUT2D eigenvalue weighted by Gasteiger charge is -2.09. The molecule has 7 heteroatoms. The predicted octanol–water partition coefficient (Wildman–Crippen LogP) is 3.67. The van der Waals surface area contributed by atoms with E-state index >= 15 is 0 Å². The van der Waals surface area contributed by atoms with Crippen LogP contribution in [0.5, 0.6) is 5.75 Å². The quantitative estimate of drug-likeness (QED) is 0.806. The smallest absolute Gasteiger partial charge is 0.339 e. The molecule has 0 radical (unpaired) electrons. The second-order valence-corrected chi connectivity index (χ2v) is 5.11. The summed E-state index contributed by atoms with van der Waals surface area (Å²) in [7, 11) is 0. The molecule has 0 saturated heterocycles. The van der Waals surface area contributed by atoms with Crippen molar-refractivity contribution in [2.45, 2.75) is 6.92 Å². The SMILES string of the molecule is CCOC(=O)c1ccc(NC(=O)COc2ccc(F)cc2)cc1Cl. The first-order valence-electron chi connectivity index (χ1n) is 7.14. The first kappa shape index (κ1) is 17.7. The lowest BCUT2D eigenvalue weighted by molar-refractivity contribution is -0.118. The Labute approximate surface area is 143 Å². The Morgan fingerprint density at radius 3 is 2.50 bits per heavy atom. The third-order valence-electron chi connectivity index (χ3n) is 2.93. The topological polar surface area (TPSA) is 64.6 Å². The number of benzene rings is 2. The first-order valence-corrected chi connectivity index (χ1v) is 7.52. The fourth-order valence-corrected chi connectivity index (χ4v) is 2.10. The number of ether oxygens (including phenoxy) is 2. The van der Waals surface area contributed by atoms with Crippen LogP contribution in [-0.4, -0.2) is 25.1 Å². The van der Waals surface area contributed by atoms with Gasteiger partial charge in [-0.3, -0.25) is 4.79 Å². The molecule has 0 fully saturated rings. The molecule has 5 nitrogen and oxygen atoms in total. The number of hydrogen-bond donors (Lipinski definition) is 1. The molecule has 0 atom stereocenters. The fourth-order valence-electron chi connectivity index (χ4n) is 1.84. The molecule has 0 aromatic heterocycles. The molecule has 1 N–H and O–H groups in total. The van der Waals surface area contributed by atoms with Gasteiger partial charge < -0.3 is 14.8 Å². The number of esters is 1. The van der Waals surface area contributed by atoms with Crippen LogP contribution < -0.4 is 10.1 Å². The molecular weight excluding hydrogens is 337 g/mol. The number of amides is 1. The average molecular weight is 352 g/mol. The summed E-state index contributed by atoms with van der Waals surface area (Å²) >= 11 is 6.01. The third kappa shape index (κ3) is 4.96. The zero-order valence-electron chi connectivity index (χ0n) is 12.8. The number of halogens is 2. The third-order valence-corrected chi connectivity index (χ3v) is 3.24. The lowest BCUT2D eigenvalue weighted by atomic mass is 10.2. The van der Waals surface area contributed by atoms with Crippen molar-refractivity contribution >= 4 is 29.2 Å². The number of anilines is 1. The molecule has 126 valence electrons. The van der Waals surface area contributed by atoms with E-state index in [4.69, 9.17) is 21.1 Å². The minimum absolute atomic E-state index is 0.172. The highest BCUT2D eigenvalue weighted by atomic mass is 35.5. The Kier molecular flexibility index (Phi) is 6.14. The van der Waals surface area contributed by atoms with Gasteiger partial charge in [-0.1, -0.05) is 11.6 Å². The summed E-state index contributed by atoms with van der Waals surface area (Å²) in [5.41, 5.74) is 0.639. The maximum Gasteiger partial charge on any atom is 0.339 e. The van der Waals surface area contributed by atoms with Crippen LogP contribution >= 0.6 is 11.6 Å². The number of carbonyl (C=O) groups is 2. The zero-order valence-corrected chi connectivity index (χ0v) is 13.6. The number of nitrogens with one attached hydrogen (secondary N) is 1. The molecule has 0 heterocycles. The van der Waals surface area contributed by atoms with Gasteiger partial charge in [0.1, 0.15) is 11.6 Å². The Morgan fingerprint density at radius 2 is 1.88 bits per heavy atom. The number of hydrogen-bond acceptors (Lipinski definition) is 4. The molecule has 2 rings (SSSR count). The Balaban J connectivity index is 1.93. The molecule has 0 aliphatic carbocycles. The van der Waals surface area contributed by atoms with Crippen LogP contribution in [0.4, 0.5) is 10.1 Å². The summed E-state index contributed by atoms with van der Waals surface area (Å²) in [6.45, 7) is 1.69. The summed E-state index contributed by atoms with van der Waals surface area (Å²) in [5.74, 6) is -0.954. The second-order valence-electron chi connectivity index (χ2n) is 4.71. The molecule has 0 saturated carbocycles. The van der Waals surface area contributed by atoms with Gasteiger partial charge in [-0.15, -0.1) is 0 Å². The van der Waals surface area contributed by atoms with E-state index in [1.807, 2.05) is 0 Å². The summed E-state index contributed by atoms with van der Waals surface area (Å²) in [6.07, 6.45) is 0. The molecule has 0 aliphatic rings. The Hall–Kier alpha value is -2.60. The van der Waals surface area contributed by atoms with Crippen molar-refractivity contribution in [3.05, 3.63) is 58.9 Å². The number of carbonyl (C=O) groups excluding carboxylic acids is 2. The molecule has 0 unspecified atom stereocenters. The van der Waals surface area contributed by atoms with E-state index in [0.717, 1.165) is 0 Å². The lowest BCUT2D eigenvalue weighted by Crippen LogP contribution is -2.20. The van der Waals surface area contributed by atoms with E-state index in [1.54, 1.807) is 6.92 Å². The van der Waals surface area contributed by atoms with E-state index in [2.05, 4.69) is 5.32 Å². The maximum absolute atomic E-state index is 12.8. The molecule has 1 amide bonds. The van der Waals surface area contributed by atoms with Crippen molar-refractivity contribution in [3.8, 4) is 5.75 Å². The van der Waals surface area contributed by atoms with Crippen LogP contribution in [0.2, 0.25) is 5.02 Å².